The SMILES string of the molecule is CC1(C)C2CCC13CCOC3(O)C2=O. The molecule has 3 heteroatoms. The predicted molar refractivity (Wildman–Crippen MR) is 49.5 cm³/mol. The van der Waals surface area contributed by atoms with Crippen LogP contribution in [0.3, 0.4) is 0 Å². The van der Waals surface area contributed by atoms with Crippen LogP contribution in [0.1, 0.15) is 33.1 Å². The summed E-state index contributed by atoms with van der Waals surface area (Å²) < 4.78 is 5.34. The maximum Gasteiger partial charge on any atom is 0.233 e. The molecule has 0 amide bonds. The number of carbonyl (C=O) groups excluding carboxylic acids is 1. The Morgan fingerprint density at radius 2 is 2.14 bits per heavy atom. The first kappa shape index (κ1) is 8.86. The summed E-state index contributed by atoms with van der Waals surface area (Å²) in [4.78, 5) is 12.0. The first-order valence-electron chi connectivity index (χ1n) is 5.36. The third-order valence-electron chi connectivity index (χ3n) is 5.10. The van der Waals surface area contributed by atoms with Crippen molar-refractivity contribution in [2.45, 2.75) is 38.9 Å². The number of fused-ring (bicyclic) bond motifs is 1. The molecule has 0 aromatic heterocycles. The van der Waals surface area contributed by atoms with Gasteiger partial charge in [-0.15, -0.1) is 0 Å². The van der Waals surface area contributed by atoms with E-state index in [-0.39, 0.29) is 22.5 Å². The Morgan fingerprint density at radius 1 is 1.43 bits per heavy atom. The molecule has 1 heterocycles. The van der Waals surface area contributed by atoms with Gasteiger partial charge in [-0.1, -0.05) is 13.8 Å². The second-order valence-corrected chi connectivity index (χ2v) is 5.50. The smallest absolute Gasteiger partial charge is 0.233 e. The van der Waals surface area contributed by atoms with Crippen molar-refractivity contribution in [2.24, 2.45) is 16.7 Å². The maximum absolute atomic E-state index is 12.0. The van der Waals surface area contributed by atoms with E-state index in [0.29, 0.717) is 6.61 Å². The molecule has 3 aliphatic rings. The third-order valence-corrected chi connectivity index (χ3v) is 5.10. The van der Waals surface area contributed by atoms with Crippen LogP contribution < -0.4 is 0 Å². The van der Waals surface area contributed by atoms with E-state index in [1.165, 1.54) is 0 Å². The monoisotopic (exact) mass is 196 g/mol. The van der Waals surface area contributed by atoms with Crippen molar-refractivity contribution in [3.8, 4) is 0 Å². The standard InChI is InChI=1S/C11H16O3/c1-9(2)7-3-4-10(9)5-6-14-11(10,13)8(7)12/h7,13H,3-6H2,1-2H3. The average Bonchev–Trinajstić information content (AvgIpc) is 2.60. The minimum Gasteiger partial charge on any atom is -0.359 e. The molecule has 2 bridgehead atoms. The van der Waals surface area contributed by atoms with Crippen LogP contribution in [0.25, 0.3) is 0 Å². The summed E-state index contributed by atoms with van der Waals surface area (Å²) in [6.45, 7) is 4.74. The molecule has 1 spiro atoms. The van der Waals surface area contributed by atoms with Gasteiger partial charge in [0.05, 0.1) is 6.61 Å². The lowest BCUT2D eigenvalue weighted by Crippen LogP contribution is -2.50. The van der Waals surface area contributed by atoms with Gasteiger partial charge in [0.25, 0.3) is 0 Å². The molecule has 1 N–H and O–H groups in total. The number of Topliss-reactive ketones (excluding diaryl/α,β-unsaturated/α-hetero) is 1. The van der Waals surface area contributed by atoms with E-state index >= 15 is 0 Å². The highest BCUT2D eigenvalue weighted by atomic mass is 16.6. The van der Waals surface area contributed by atoms with Crippen molar-refractivity contribution in [2.75, 3.05) is 6.61 Å². The number of carbonyl (C=O) groups is 1. The number of hydrogen-bond acceptors (Lipinski definition) is 3. The first-order valence-corrected chi connectivity index (χ1v) is 5.36. The number of ether oxygens (including phenoxy) is 1. The largest absolute Gasteiger partial charge is 0.359 e. The van der Waals surface area contributed by atoms with Gasteiger partial charge in [0.2, 0.25) is 5.79 Å². The van der Waals surface area contributed by atoms with Gasteiger partial charge in [0.1, 0.15) is 0 Å². The highest BCUT2D eigenvalue weighted by molar-refractivity contribution is 5.94. The van der Waals surface area contributed by atoms with E-state index in [1.54, 1.807) is 0 Å². The van der Waals surface area contributed by atoms with Crippen LogP contribution in [0.2, 0.25) is 0 Å². The second kappa shape index (κ2) is 2.07. The maximum atomic E-state index is 12.0. The molecule has 3 atom stereocenters. The summed E-state index contributed by atoms with van der Waals surface area (Å²) in [7, 11) is 0. The highest BCUT2D eigenvalue weighted by Gasteiger charge is 2.78. The van der Waals surface area contributed by atoms with Gasteiger partial charge in [-0.2, -0.15) is 0 Å². The van der Waals surface area contributed by atoms with Crippen LogP contribution in [-0.4, -0.2) is 23.3 Å². The number of hydrogen-bond donors (Lipinski definition) is 1. The Hall–Kier alpha value is -0.410. The number of ketones is 1. The van der Waals surface area contributed by atoms with E-state index in [4.69, 9.17) is 4.74 Å². The van der Waals surface area contributed by atoms with Gasteiger partial charge in [-0.25, -0.2) is 0 Å². The zero-order valence-electron chi connectivity index (χ0n) is 8.67. The molecule has 0 aromatic rings. The molecule has 3 fully saturated rings. The van der Waals surface area contributed by atoms with Gasteiger partial charge >= 0.3 is 0 Å². The zero-order valence-corrected chi connectivity index (χ0v) is 8.67. The van der Waals surface area contributed by atoms with Crippen molar-refractivity contribution in [3.05, 3.63) is 0 Å². The molecule has 14 heavy (non-hydrogen) atoms. The Morgan fingerprint density at radius 3 is 2.79 bits per heavy atom. The minimum atomic E-state index is -1.45. The van der Waals surface area contributed by atoms with Gasteiger partial charge < -0.3 is 9.84 Å². The predicted octanol–water partition coefficient (Wildman–Crippen LogP) is 1.10. The second-order valence-electron chi connectivity index (χ2n) is 5.50. The van der Waals surface area contributed by atoms with Crippen LogP contribution in [-0.2, 0) is 9.53 Å². The molecule has 0 radical (unpaired) electrons. The topological polar surface area (TPSA) is 46.5 Å². The van der Waals surface area contributed by atoms with Crippen molar-refractivity contribution in [1.82, 2.24) is 0 Å². The average molecular weight is 196 g/mol. The van der Waals surface area contributed by atoms with E-state index in [0.717, 1.165) is 19.3 Å². The summed E-state index contributed by atoms with van der Waals surface area (Å²) in [6.07, 6.45) is 2.70. The Labute approximate surface area is 83.4 Å². The van der Waals surface area contributed by atoms with Crippen molar-refractivity contribution >= 4 is 5.78 Å². The van der Waals surface area contributed by atoms with Crippen LogP contribution in [0, 0.1) is 16.7 Å². The summed E-state index contributed by atoms with van der Waals surface area (Å²) in [5.74, 6) is -1.50. The molecule has 3 nitrogen and oxygen atoms in total. The third kappa shape index (κ3) is 0.574. The van der Waals surface area contributed by atoms with Crippen LogP contribution in [0.4, 0.5) is 0 Å². The van der Waals surface area contributed by atoms with Gasteiger partial charge in [-0.3, -0.25) is 4.79 Å². The number of aliphatic hydroxyl groups is 1. The molecule has 1 saturated heterocycles. The van der Waals surface area contributed by atoms with Crippen LogP contribution in [0.15, 0.2) is 0 Å². The van der Waals surface area contributed by atoms with E-state index in [9.17, 15) is 9.90 Å². The first-order chi connectivity index (χ1) is 6.46. The Kier molecular flexibility index (Phi) is 1.31. The lowest BCUT2D eigenvalue weighted by molar-refractivity contribution is -0.220. The summed E-state index contributed by atoms with van der Waals surface area (Å²) in [5.41, 5.74) is -0.378. The van der Waals surface area contributed by atoms with Gasteiger partial charge in [-0.05, 0) is 24.7 Å². The summed E-state index contributed by atoms with van der Waals surface area (Å²) in [6, 6.07) is 0. The van der Waals surface area contributed by atoms with E-state index in [2.05, 4.69) is 13.8 Å². The fraction of sp³-hybridized carbons (Fsp3) is 0.909. The minimum absolute atomic E-state index is 0.00722. The molecule has 78 valence electrons. The number of rotatable bonds is 0. The molecule has 3 unspecified atom stereocenters. The van der Waals surface area contributed by atoms with Crippen molar-refractivity contribution in [3.63, 3.8) is 0 Å². The normalized spacial score (nSPS) is 53.9. The molecule has 0 aromatic carbocycles. The molecule has 2 aliphatic carbocycles. The summed E-state index contributed by atoms with van der Waals surface area (Å²) in [5, 5.41) is 10.3. The fourth-order valence-electron chi connectivity index (χ4n) is 4.14. The molecular formula is C11H16O3. The Balaban J connectivity index is 2.23. The Bertz CT molecular complexity index is 318. The van der Waals surface area contributed by atoms with Crippen molar-refractivity contribution in [1.29, 1.82) is 0 Å². The molecule has 2 saturated carbocycles. The van der Waals surface area contributed by atoms with Crippen molar-refractivity contribution < 1.29 is 14.6 Å². The van der Waals surface area contributed by atoms with E-state index < -0.39 is 5.79 Å². The lowest BCUT2D eigenvalue weighted by Gasteiger charge is -2.39. The lowest BCUT2D eigenvalue weighted by atomic mass is 9.66. The van der Waals surface area contributed by atoms with Gasteiger partial charge in [0, 0.05) is 11.3 Å². The fourth-order valence-corrected chi connectivity index (χ4v) is 4.14. The molecule has 3 rings (SSSR count). The van der Waals surface area contributed by atoms with Crippen LogP contribution >= 0.6 is 0 Å². The molecule has 1 aliphatic heterocycles. The van der Waals surface area contributed by atoms with E-state index in [1.807, 2.05) is 0 Å². The quantitative estimate of drug-likeness (QED) is 0.631. The summed E-state index contributed by atoms with van der Waals surface area (Å²) >= 11 is 0. The highest BCUT2D eigenvalue weighted by Crippen LogP contribution is 2.71. The van der Waals surface area contributed by atoms with Gasteiger partial charge in [0.15, 0.2) is 5.78 Å². The molecular weight excluding hydrogens is 180 g/mol. The van der Waals surface area contributed by atoms with Crippen LogP contribution in [0.5, 0.6) is 0 Å². The zero-order chi connectivity index (χ0) is 10.2.